The Morgan fingerprint density at radius 2 is 1.50 bits per heavy atom. The molecule has 0 spiro atoms. The second kappa shape index (κ2) is 6.23. The van der Waals surface area contributed by atoms with Gasteiger partial charge in [0.25, 0.3) is 0 Å². The number of rotatable bonds is 4. The third-order valence-corrected chi connectivity index (χ3v) is 4.73. The van der Waals surface area contributed by atoms with Crippen molar-refractivity contribution in [3.8, 4) is 28.4 Å². The van der Waals surface area contributed by atoms with Gasteiger partial charge < -0.3 is 14.2 Å². The highest BCUT2D eigenvalue weighted by molar-refractivity contribution is 6.21. The Kier molecular flexibility index (Phi) is 3.88. The van der Waals surface area contributed by atoms with E-state index in [1.807, 2.05) is 42.5 Å². The molecule has 0 saturated carbocycles. The van der Waals surface area contributed by atoms with Gasteiger partial charge in [-0.3, -0.25) is 4.79 Å². The lowest BCUT2D eigenvalue weighted by molar-refractivity contribution is 0.104. The molecule has 3 aromatic rings. The van der Waals surface area contributed by atoms with Crippen LogP contribution in [0.2, 0.25) is 0 Å². The Bertz CT molecular complexity index is 1040. The first-order valence-corrected chi connectivity index (χ1v) is 8.26. The first kappa shape index (κ1) is 16.2. The Morgan fingerprint density at radius 3 is 2.15 bits per heavy atom. The molecule has 0 unspecified atom stereocenters. The maximum Gasteiger partial charge on any atom is 0.203 e. The molecule has 4 heteroatoms. The summed E-state index contributed by atoms with van der Waals surface area (Å²) in [5.41, 5.74) is 3.69. The number of hydrogen-bond acceptors (Lipinski definition) is 4. The Morgan fingerprint density at radius 1 is 0.769 bits per heavy atom. The van der Waals surface area contributed by atoms with Crippen LogP contribution in [0.25, 0.3) is 28.0 Å². The number of ketones is 1. The largest absolute Gasteiger partial charge is 0.493 e. The van der Waals surface area contributed by atoms with E-state index >= 15 is 0 Å². The highest BCUT2D eigenvalue weighted by Gasteiger charge is 2.20. The van der Waals surface area contributed by atoms with Crippen molar-refractivity contribution in [1.29, 1.82) is 0 Å². The first-order chi connectivity index (χ1) is 12.7. The number of methoxy groups -OCH3 is 3. The number of ether oxygens (including phenoxy) is 3. The van der Waals surface area contributed by atoms with E-state index in [-0.39, 0.29) is 5.78 Å². The molecular formula is C22H18O4. The molecule has 1 aliphatic carbocycles. The molecule has 130 valence electrons. The van der Waals surface area contributed by atoms with Crippen LogP contribution in [0.1, 0.15) is 15.9 Å². The van der Waals surface area contributed by atoms with Crippen molar-refractivity contribution in [2.24, 2.45) is 0 Å². The van der Waals surface area contributed by atoms with E-state index in [1.165, 1.54) is 0 Å². The van der Waals surface area contributed by atoms with Crippen molar-refractivity contribution >= 4 is 22.6 Å². The zero-order chi connectivity index (χ0) is 18.3. The Balaban J connectivity index is 2.02. The zero-order valence-electron chi connectivity index (χ0n) is 14.8. The van der Waals surface area contributed by atoms with Gasteiger partial charge in [0.05, 0.1) is 21.3 Å². The SMILES string of the molecule is COc1cc(-c2ccc3cccc4c3c2C=CC4=O)cc(OC)c1OC. The topological polar surface area (TPSA) is 44.8 Å². The van der Waals surface area contributed by atoms with Crippen LogP contribution in [0.4, 0.5) is 0 Å². The summed E-state index contributed by atoms with van der Waals surface area (Å²) < 4.78 is 16.4. The molecule has 3 aromatic carbocycles. The van der Waals surface area contributed by atoms with Crippen LogP contribution >= 0.6 is 0 Å². The molecule has 0 bridgehead atoms. The average Bonchev–Trinajstić information content (AvgIpc) is 2.69. The van der Waals surface area contributed by atoms with Crippen molar-refractivity contribution < 1.29 is 19.0 Å². The van der Waals surface area contributed by atoms with Crippen LogP contribution in [-0.2, 0) is 0 Å². The van der Waals surface area contributed by atoms with Crippen molar-refractivity contribution in [2.75, 3.05) is 21.3 Å². The summed E-state index contributed by atoms with van der Waals surface area (Å²) in [5.74, 6) is 1.78. The smallest absolute Gasteiger partial charge is 0.203 e. The molecule has 4 nitrogen and oxygen atoms in total. The van der Waals surface area contributed by atoms with Crippen molar-refractivity contribution in [3.63, 3.8) is 0 Å². The average molecular weight is 346 g/mol. The standard InChI is InChI=1S/C22H18O4/c1-24-19-11-14(12-20(25-2)22(19)26-3)15-8-7-13-5-4-6-17-18(23)10-9-16(15)21(13)17/h4-12H,1-3H3. The van der Waals surface area contributed by atoms with E-state index in [1.54, 1.807) is 27.4 Å². The summed E-state index contributed by atoms with van der Waals surface area (Å²) in [4.78, 5) is 12.3. The zero-order valence-corrected chi connectivity index (χ0v) is 14.8. The van der Waals surface area contributed by atoms with Gasteiger partial charge in [-0.25, -0.2) is 0 Å². The fourth-order valence-electron chi connectivity index (χ4n) is 3.52. The van der Waals surface area contributed by atoms with Crippen molar-refractivity contribution in [3.05, 3.63) is 59.7 Å². The van der Waals surface area contributed by atoms with E-state index in [2.05, 4.69) is 6.07 Å². The van der Waals surface area contributed by atoms with Gasteiger partial charge >= 0.3 is 0 Å². The molecule has 0 radical (unpaired) electrons. The number of carbonyl (C=O) groups excluding carboxylic acids is 1. The van der Waals surface area contributed by atoms with E-state index in [0.29, 0.717) is 17.2 Å². The van der Waals surface area contributed by atoms with Gasteiger partial charge in [0.1, 0.15) is 0 Å². The maximum absolute atomic E-state index is 12.3. The highest BCUT2D eigenvalue weighted by atomic mass is 16.5. The molecule has 0 N–H and O–H groups in total. The summed E-state index contributed by atoms with van der Waals surface area (Å²) in [6, 6.07) is 13.7. The van der Waals surface area contributed by atoms with Gasteiger partial charge in [-0.2, -0.15) is 0 Å². The molecule has 0 amide bonds. The first-order valence-electron chi connectivity index (χ1n) is 8.26. The maximum atomic E-state index is 12.3. The lowest BCUT2D eigenvalue weighted by atomic mass is 9.87. The quantitative estimate of drug-likeness (QED) is 0.684. The predicted molar refractivity (Wildman–Crippen MR) is 102 cm³/mol. The van der Waals surface area contributed by atoms with Gasteiger partial charge in [-0.1, -0.05) is 30.3 Å². The van der Waals surface area contributed by atoms with Gasteiger partial charge in [0.15, 0.2) is 17.3 Å². The van der Waals surface area contributed by atoms with Crippen LogP contribution in [0, 0.1) is 0 Å². The predicted octanol–water partition coefficient (Wildman–Crippen LogP) is 4.74. The van der Waals surface area contributed by atoms with Crippen LogP contribution in [0.3, 0.4) is 0 Å². The van der Waals surface area contributed by atoms with E-state index in [0.717, 1.165) is 33.0 Å². The summed E-state index contributed by atoms with van der Waals surface area (Å²) >= 11 is 0. The van der Waals surface area contributed by atoms with Crippen LogP contribution in [0.15, 0.2) is 48.5 Å². The minimum atomic E-state index is 0.0325. The van der Waals surface area contributed by atoms with Crippen LogP contribution < -0.4 is 14.2 Å². The second-order valence-electron chi connectivity index (χ2n) is 6.04. The molecule has 0 saturated heterocycles. The third kappa shape index (κ3) is 2.34. The molecule has 0 fully saturated rings. The molecular weight excluding hydrogens is 328 g/mol. The minimum Gasteiger partial charge on any atom is -0.493 e. The number of hydrogen-bond donors (Lipinski definition) is 0. The minimum absolute atomic E-state index is 0.0325. The molecule has 1 aliphatic rings. The molecule has 0 atom stereocenters. The lowest BCUT2D eigenvalue weighted by Gasteiger charge is -2.18. The summed E-state index contributed by atoms with van der Waals surface area (Å²) in [7, 11) is 4.78. The normalized spacial score (nSPS) is 12.3. The summed E-state index contributed by atoms with van der Waals surface area (Å²) in [5, 5.41) is 2.03. The van der Waals surface area contributed by atoms with Gasteiger partial charge in [-0.05, 0) is 46.4 Å². The van der Waals surface area contributed by atoms with Crippen molar-refractivity contribution in [2.45, 2.75) is 0 Å². The van der Waals surface area contributed by atoms with E-state index < -0.39 is 0 Å². The Hall–Kier alpha value is -3.27. The van der Waals surface area contributed by atoms with Gasteiger partial charge in [0, 0.05) is 10.9 Å². The second-order valence-corrected chi connectivity index (χ2v) is 6.04. The highest BCUT2D eigenvalue weighted by Crippen LogP contribution is 2.43. The molecule has 0 aliphatic heterocycles. The third-order valence-electron chi connectivity index (χ3n) is 4.73. The Labute approximate surface area is 151 Å². The molecule has 26 heavy (non-hydrogen) atoms. The van der Waals surface area contributed by atoms with Crippen LogP contribution in [0.5, 0.6) is 17.2 Å². The van der Waals surface area contributed by atoms with E-state index in [9.17, 15) is 4.79 Å². The van der Waals surface area contributed by atoms with Gasteiger partial charge in [0.2, 0.25) is 5.75 Å². The molecule has 0 aromatic heterocycles. The van der Waals surface area contributed by atoms with E-state index in [4.69, 9.17) is 14.2 Å². The van der Waals surface area contributed by atoms with Gasteiger partial charge in [-0.15, -0.1) is 0 Å². The monoisotopic (exact) mass is 346 g/mol. The summed E-state index contributed by atoms with van der Waals surface area (Å²) in [6.45, 7) is 0. The fourth-order valence-corrected chi connectivity index (χ4v) is 3.52. The number of carbonyl (C=O) groups is 1. The van der Waals surface area contributed by atoms with Crippen LogP contribution in [-0.4, -0.2) is 27.1 Å². The molecule has 0 heterocycles. The molecule has 4 rings (SSSR count). The number of benzene rings is 3. The van der Waals surface area contributed by atoms with Crippen molar-refractivity contribution in [1.82, 2.24) is 0 Å². The fraction of sp³-hybridized carbons (Fsp3) is 0.136. The number of allylic oxidation sites excluding steroid dienone is 1. The lowest BCUT2D eigenvalue weighted by Crippen LogP contribution is -2.03. The summed E-state index contributed by atoms with van der Waals surface area (Å²) in [6.07, 6.45) is 3.51.